The minimum absolute atomic E-state index is 0.157. The predicted molar refractivity (Wildman–Crippen MR) is 79.3 cm³/mol. The van der Waals surface area contributed by atoms with Crippen LogP contribution in [0.4, 0.5) is 0 Å². The molecule has 4 heteroatoms. The molecule has 2 aromatic rings. The average molecular weight is 271 g/mol. The van der Waals surface area contributed by atoms with E-state index in [4.69, 9.17) is 4.42 Å². The SMILES string of the molecule is CC1(C)CNCCN1Cc1coc(-c2ccccc2)n1. The van der Waals surface area contributed by atoms with Gasteiger partial charge in [0.2, 0.25) is 5.89 Å². The van der Waals surface area contributed by atoms with E-state index in [-0.39, 0.29) is 5.54 Å². The molecule has 0 radical (unpaired) electrons. The van der Waals surface area contributed by atoms with E-state index in [0.717, 1.165) is 37.4 Å². The first-order chi connectivity index (χ1) is 9.65. The maximum atomic E-state index is 5.61. The van der Waals surface area contributed by atoms with Crippen LogP contribution in [-0.4, -0.2) is 35.1 Å². The molecule has 1 saturated heterocycles. The monoisotopic (exact) mass is 271 g/mol. The Morgan fingerprint density at radius 1 is 1.30 bits per heavy atom. The van der Waals surface area contributed by atoms with Crippen molar-refractivity contribution in [2.45, 2.75) is 25.9 Å². The van der Waals surface area contributed by atoms with E-state index in [2.05, 4.69) is 29.0 Å². The molecule has 20 heavy (non-hydrogen) atoms. The Bertz CT molecular complexity index is 562. The largest absolute Gasteiger partial charge is 0.444 e. The molecule has 0 spiro atoms. The molecule has 0 amide bonds. The third-order valence-corrected chi connectivity index (χ3v) is 3.90. The van der Waals surface area contributed by atoms with Crippen LogP contribution in [-0.2, 0) is 6.54 Å². The van der Waals surface area contributed by atoms with E-state index in [1.54, 1.807) is 6.26 Å². The zero-order valence-corrected chi connectivity index (χ0v) is 12.1. The van der Waals surface area contributed by atoms with Crippen LogP contribution in [0.3, 0.4) is 0 Å². The van der Waals surface area contributed by atoms with Gasteiger partial charge in [0.1, 0.15) is 6.26 Å². The fourth-order valence-corrected chi connectivity index (χ4v) is 2.60. The predicted octanol–water partition coefficient (Wildman–Crippen LogP) is 2.53. The topological polar surface area (TPSA) is 41.3 Å². The van der Waals surface area contributed by atoms with Gasteiger partial charge in [-0.1, -0.05) is 18.2 Å². The van der Waals surface area contributed by atoms with Gasteiger partial charge in [0.05, 0.1) is 5.69 Å². The van der Waals surface area contributed by atoms with E-state index in [0.29, 0.717) is 5.89 Å². The summed E-state index contributed by atoms with van der Waals surface area (Å²) in [6.45, 7) is 8.45. The first kappa shape index (κ1) is 13.3. The van der Waals surface area contributed by atoms with Gasteiger partial charge in [-0.25, -0.2) is 4.98 Å². The number of benzene rings is 1. The number of hydrogen-bond donors (Lipinski definition) is 1. The molecule has 0 bridgehead atoms. The molecule has 1 aromatic carbocycles. The van der Waals surface area contributed by atoms with Crippen molar-refractivity contribution in [3.8, 4) is 11.5 Å². The molecular formula is C16H21N3O. The minimum atomic E-state index is 0.157. The molecule has 2 heterocycles. The van der Waals surface area contributed by atoms with Crippen LogP contribution in [0.2, 0.25) is 0 Å². The van der Waals surface area contributed by atoms with Gasteiger partial charge in [-0.15, -0.1) is 0 Å². The number of nitrogens with zero attached hydrogens (tertiary/aromatic N) is 2. The molecule has 3 rings (SSSR count). The molecule has 1 aliphatic rings. The Balaban J connectivity index is 1.74. The van der Waals surface area contributed by atoms with Crippen molar-refractivity contribution in [1.29, 1.82) is 0 Å². The van der Waals surface area contributed by atoms with E-state index in [1.807, 2.05) is 30.3 Å². The molecule has 0 saturated carbocycles. The number of oxazole rings is 1. The fourth-order valence-electron chi connectivity index (χ4n) is 2.60. The molecule has 0 atom stereocenters. The second-order valence-electron chi connectivity index (χ2n) is 5.92. The summed E-state index contributed by atoms with van der Waals surface area (Å²) in [5, 5.41) is 3.44. The Hall–Kier alpha value is -1.65. The highest BCUT2D eigenvalue weighted by molar-refractivity contribution is 5.52. The standard InChI is InChI=1S/C16H21N3O/c1-16(2)12-17-8-9-19(16)10-14-11-20-15(18-14)13-6-4-3-5-7-13/h3-7,11,17H,8-10,12H2,1-2H3. The Morgan fingerprint density at radius 2 is 2.10 bits per heavy atom. The van der Waals surface area contributed by atoms with E-state index in [1.165, 1.54) is 0 Å². The smallest absolute Gasteiger partial charge is 0.226 e. The van der Waals surface area contributed by atoms with Crippen LogP contribution in [0.1, 0.15) is 19.5 Å². The van der Waals surface area contributed by atoms with Gasteiger partial charge in [-0.05, 0) is 26.0 Å². The quantitative estimate of drug-likeness (QED) is 0.931. The van der Waals surface area contributed by atoms with Crippen molar-refractivity contribution in [2.75, 3.05) is 19.6 Å². The third kappa shape index (κ3) is 2.76. The van der Waals surface area contributed by atoms with Gasteiger partial charge in [0.15, 0.2) is 0 Å². The normalized spacial score (nSPS) is 19.1. The van der Waals surface area contributed by atoms with Crippen molar-refractivity contribution in [2.24, 2.45) is 0 Å². The molecule has 0 unspecified atom stereocenters. The summed E-state index contributed by atoms with van der Waals surface area (Å²) in [6.07, 6.45) is 1.78. The lowest BCUT2D eigenvalue weighted by atomic mass is 10.00. The first-order valence-corrected chi connectivity index (χ1v) is 7.11. The van der Waals surface area contributed by atoms with Crippen LogP contribution in [0.15, 0.2) is 41.0 Å². The lowest BCUT2D eigenvalue weighted by molar-refractivity contribution is 0.0814. The fraction of sp³-hybridized carbons (Fsp3) is 0.438. The maximum Gasteiger partial charge on any atom is 0.226 e. The Labute approximate surface area is 119 Å². The van der Waals surface area contributed by atoms with Gasteiger partial charge < -0.3 is 9.73 Å². The van der Waals surface area contributed by atoms with Crippen LogP contribution < -0.4 is 5.32 Å². The lowest BCUT2D eigenvalue weighted by Gasteiger charge is -2.42. The van der Waals surface area contributed by atoms with Crippen molar-refractivity contribution in [3.63, 3.8) is 0 Å². The van der Waals surface area contributed by atoms with Crippen LogP contribution >= 0.6 is 0 Å². The number of nitrogens with one attached hydrogen (secondary N) is 1. The molecule has 1 aliphatic heterocycles. The van der Waals surface area contributed by atoms with Gasteiger partial charge in [0.25, 0.3) is 0 Å². The van der Waals surface area contributed by atoms with Crippen LogP contribution in [0.5, 0.6) is 0 Å². The molecule has 4 nitrogen and oxygen atoms in total. The molecule has 106 valence electrons. The molecular weight excluding hydrogens is 250 g/mol. The highest BCUT2D eigenvalue weighted by Crippen LogP contribution is 2.22. The van der Waals surface area contributed by atoms with Crippen molar-refractivity contribution < 1.29 is 4.42 Å². The van der Waals surface area contributed by atoms with E-state index < -0.39 is 0 Å². The zero-order chi connectivity index (χ0) is 14.0. The second kappa shape index (κ2) is 5.38. The highest BCUT2D eigenvalue weighted by atomic mass is 16.3. The molecule has 1 N–H and O–H groups in total. The summed E-state index contributed by atoms with van der Waals surface area (Å²) >= 11 is 0. The zero-order valence-electron chi connectivity index (χ0n) is 12.1. The summed E-state index contributed by atoms with van der Waals surface area (Å²) < 4.78 is 5.61. The van der Waals surface area contributed by atoms with Crippen molar-refractivity contribution >= 4 is 0 Å². The summed E-state index contributed by atoms with van der Waals surface area (Å²) in [7, 11) is 0. The van der Waals surface area contributed by atoms with Crippen molar-refractivity contribution in [1.82, 2.24) is 15.2 Å². The summed E-state index contributed by atoms with van der Waals surface area (Å²) in [4.78, 5) is 7.07. The van der Waals surface area contributed by atoms with Gasteiger partial charge in [-0.2, -0.15) is 0 Å². The molecule has 1 aromatic heterocycles. The number of aromatic nitrogens is 1. The first-order valence-electron chi connectivity index (χ1n) is 7.11. The number of hydrogen-bond acceptors (Lipinski definition) is 4. The maximum absolute atomic E-state index is 5.61. The van der Waals surface area contributed by atoms with Crippen LogP contribution in [0, 0.1) is 0 Å². The summed E-state index contributed by atoms with van der Waals surface area (Å²) in [5.41, 5.74) is 2.18. The number of rotatable bonds is 3. The number of piperazine rings is 1. The highest BCUT2D eigenvalue weighted by Gasteiger charge is 2.30. The Morgan fingerprint density at radius 3 is 2.85 bits per heavy atom. The lowest BCUT2D eigenvalue weighted by Crippen LogP contribution is -2.57. The third-order valence-electron chi connectivity index (χ3n) is 3.90. The second-order valence-corrected chi connectivity index (χ2v) is 5.92. The van der Waals surface area contributed by atoms with Crippen molar-refractivity contribution in [3.05, 3.63) is 42.3 Å². The summed E-state index contributed by atoms with van der Waals surface area (Å²) in [5.74, 6) is 0.702. The van der Waals surface area contributed by atoms with E-state index in [9.17, 15) is 0 Å². The van der Waals surface area contributed by atoms with Crippen LogP contribution in [0.25, 0.3) is 11.5 Å². The molecule has 1 fully saturated rings. The van der Waals surface area contributed by atoms with E-state index >= 15 is 0 Å². The average Bonchev–Trinajstić information content (AvgIpc) is 2.91. The van der Waals surface area contributed by atoms with Gasteiger partial charge in [0, 0.05) is 37.3 Å². The van der Waals surface area contributed by atoms with Gasteiger partial charge in [-0.3, -0.25) is 4.90 Å². The Kier molecular flexibility index (Phi) is 3.59. The summed E-state index contributed by atoms with van der Waals surface area (Å²) in [6, 6.07) is 10.0. The molecule has 0 aliphatic carbocycles. The van der Waals surface area contributed by atoms with Gasteiger partial charge >= 0.3 is 0 Å². The minimum Gasteiger partial charge on any atom is -0.444 e.